The van der Waals surface area contributed by atoms with Gasteiger partial charge in [0.15, 0.2) is 5.16 Å². The van der Waals surface area contributed by atoms with E-state index >= 15 is 0 Å². The zero-order chi connectivity index (χ0) is 16.8. The number of carbonyl (C=O) groups excluding carboxylic acids is 2. The summed E-state index contributed by atoms with van der Waals surface area (Å²) in [6.07, 6.45) is 1.58. The van der Waals surface area contributed by atoms with Gasteiger partial charge in [0.05, 0.1) is 11.4 Å². The molecule has 0 unspecified atom stereocenters. The second kappa shape index (κ2) is 7.77. The first-order valence-corrected chi connectivity index (χ1v) is 8.14. The number of rotatable bonds is 6. The molecule has 0 spiro atoms. The van der Waals surface area contributed by atoms with Crippen molar-refractivity contribution in [2.75, 3.05) is 11.1 Å². The summed E-state index contributed by atoms with van der Waals surface area (Å²) in [6, 6.07) is 7.45. The lowest BCUT2D eigenvalue weighted by molar-refractivity contribution is -0.119. The van der Waals surface area contributed by atoms with Crippen LogP contribution in [0, 0.1) is 0 Å². The third-order valence-electron chi connectivity index (χ3n) is 2.74. The highest BCUT2D eigenvalue weighted by Crippen LogP contribution is 2.21. The smallest absolute Gasteiger partial charge is 0.230 e. The fraction of sp³-hybridized carbons (Fsp3) is 0.333. The lowest BCUT2D eigenvalue weighted by Crippen LogP contribution is -2.31. The first-order valence-electron chi connectivity index (χ1n) is 7.16. The van der Waals surface area contributed by atoms with Gasteiger partial charge in [0, 0.05) is 18.7 Å². The van der Waals surface area contributed by atoms with Gasteiger partial charge < -0.3 is 10.6 Å². The molecule has 0 saturated heterocycles. The van der Waals surface area contributed by atoms with E-state index in [1.165, 1.54) is 18.7 Å². The summed E-state index contributed by atoms with van der Waals surface area (Å²) in [7, 11) is 0. The van der Waals surface area contributed by atoms with E-state index in [-0.39, 0.29) is 23.6 Å². The van der Waals surface area contributed by atoms with Gasteiger partial charge in [0.1, 0.15) is 6.33 Å². The average Bonchev–Trinajstić information content (AvgIpc) is 2.92. The van der Waals surface area contributed by atoms with Gasteiger partial charge in [0.2, 0.25) is 11.8 Å². The fourth-order valence-electron chi connectivity index (χ4n) is 1.93. The van der Waals surface area contributed by atoms with E-state index in [2.05, 4.69) is 20.8 Å². The Morgan fingerprint density at radius 1 is 1.35 bits per heavy atom. The monoisotopic (exact) mass is 333 g/mol. The summed E-state index contributed by atoms with van der Waals surface area (Å²) in [5.41, 5.74) is 1.50. The van der Waals surface area contributed by atoms with Crippen LogP contribution in [-0.2, 0) is 9.59 Å². The van der Waals surface area contributed by atoms with E-state index in [4.69, 9.17) is 0 Å². The van der Waals surface area contributed by atoms with E-state index in [9.17, 15) is 9.59 Å². The first-order chi connectivity index (χ1) is 11.0. The van der Waals surface area contributed by atoms with Gasteiger partial charge in [0.25, 0.3) is 0 Å². The zero-order valence-electron chi connectivity index (χ0n) is 13.2. The highest BCUT2D eigenvalue weighted by atomic mass is 32.2. The minimum absolute atomic E-state index is 0.0495. The third-order valence-corrected chi connectivity index (χ3v) is 3.69. The molecule has 8 heteroatoms. The van der Waals surface area contributed by atoms with Crippen molar-refractivity contribution in [3.63, 3.8) is 0 Å². The molecule has 2 N–H and O–H groups in total. The van der Waals surface area contributed by atoms with Crippen molar-refractivity contribution >= 4 is 29.3 Å². The number of thioether (sulfide) groups is 1. The summed E-state index contributed by atoms with van der Waals surface area (Å²) >= 11 is 1.31. The molecule has 0 atom stereocenters. The van der Waals surface area contributed by atoms with E-state index < -0.39 is 0 Å². The number of nitrogens with one attached hydrogen (secondary N) is 2. The normalized spacial score (nSPS) is 10.6. The molecule has 1 heterocycles. The number of aromatic nitrogens is 3. The predicted octanol–water partition coefficient (Wildman–Crippen LogP) is 1.84. The lowest BCUT2D eigenvalue weighted by Gasteiger charge is -2.10. The Hall–Kier alpha value is -2.35. The average molecular weight is 333 g/mol. The molecule has 2 aromatic rings. The molecule has 23 heavy (non-hydrogen) atoms. The molecule has 0 aliphatic heterocycles. The maximum Gasteiger partial charge on any atom is 0.230 e. The van der Waals surface area contributed by atoms with Crippen LogP contribution >= 0.6 is 11.8 Å². The molecule has 1 aromatic heterocycles. The van der Waals surface area contributed by atoms with E-state index in [0.717, 1.165) is 5.69 Å². The summed E-state index contributed by atoms with van der Waals surface area (Å²) in [6.45, 7) is 5.29. The SMILES string of the molecule is CC(=O)Nc1cccc(-n2cnnc2SCC(=O)NC(C)C)c1. The number of benzene rings is 1. The number of amides is 2. The summed E-state index contributed by atoms with van der Waals surface area (Å²) < 4.78 is 1.78. The molecule has 0 fully saturated rings. The Labute approximate surface area is 138 Å². The molecular formula is C15H19N5O2S. The summed E-state index contributed by atoms with van der Waals surface area (Å²) in [5, 5.41) is 14.1. The number of nitrogens with zero attached hydrogens (tertiary/aromatic N) is 3. The molecule has 0 saturated carbocycles. The Bertz CT molecular complexity index is 699. The van der Waals surface area contributed by atoms with Crippen LogP contribution in [0.5, 0.6) is 0 Å². The number of carbonyl (C=O) groups is 2. The molecule has 2 amide bonds. The highest BCUT2D eigenvalue weighted by molar-refractivity contribution is 7.99. The molecule has 122 valence electrons. The molecule has 2 rings (SSSR count). The Morgan fingerprint density at radius 2 is 2.13 bits per heavy atom. The summed E-state index contributed by atoms with van der Waals surface area (Å²) in [5.74, 6) is 0.0832. The van der Waals surface area contributed by atoms with Crippen LogP contribution in [0.3, 0.4) is 0 Å². The van der Waals surface area contributed by atoms with Crippen molar-refractivity contribution < 1.29 is 9.59 Å². The molecular weight excluding hydrogens is 314 g/mol. The van der Waals surface area contributed by atoms with Gasteiger partial charge in [-0.05, 0) is 32.0 Å². The predicted molar refractivity (Wildman–Crippen MR) is 89.7 cm³/mol. The minimum atomic E-state index is -0.133. The first kappa shape index (κ1) is 17.0. The largest absolute Gasteiger partial charge is 0.353 e. The van der Waals surface area contributed by atoms with Crippen LogP contribution < -0.4 is 10.6 Å². The molecule has 0 bridgehead atoms. The van der Waals surface area contributed by atoms with E-state index in [1.807, 2.05) is 32.0 Å². The van der Waals surface area contributed by atoms with E-state index in [0.29, 0.717) is 10.8 Å². The van der Waals surface area contributed by atoms with Crippen molar-refractivity contribution in [1.29, 1.82) is 0 Å². The Morgan fingerprint density at radius 3 is 2.83 bits per heavy atom. The van der Waals surface area contributed by atoms with Gasteiger partial charge in [-0.25, -0.2) is 0 Å². The molecule has 0 radical (unpaired) electrons. The number of anilines is 1. The lowest BCUT2D eigenvalue weighted by atomic mass is 10.2. The van der Waals surface area contributed by atoms with Gasteiger partial charge in [-0.2, -0.15) is 0 Å². The topological polar surface area (TPSA) is 88.9 Å². The second-order valence-electron chi connectivity index (χ2n) is 5.23. The van der Waals surface area contributed by atoms with Crippen molar-refractivity contribution in [2.45, 2.75) is 32.0 Å². The van der Waals surface area contributed by atoms with Crippen LogP contribution in [0.4, 0.5) is 5.69 Å². The number of hydrogen-bond donors (Lipinski definition) is 2. The van der Waals surface area contributed by atoms with Crippen LogP contribution in [-0.4, -0.2) is 38.4 Å². The molecule has 0 aliphatic rings. The second-order valence-corrected chi connectivity index (χ2v) is 6.17. The van der Waals surface area contributed by atoms with Crippen molar-refractivity contribution in [1.82, 2.24) is 20.1 Å². The molecule has 0 aliphatic carbocycles. The Kier molecular flexibility index (Phi) is 5.75. The molecule has 7 nitrogen and oxygen atoms in total. The van der Waals surface area contributed by atoms with Gasteiger partial charge in [-0.3, -0.25) is 14.2 Å². The van der Waals surface area contributed by atoms with Gasteiger partial charge in [-0.15, -0.1) is 10.2 Å². The fourth-order valence-corrected chi connectivity index (χ4v) is 2.67. The molecule has 1 aromatic carbocycles. The third kappa shape index (κ3) is 5.10. The number of hydrogen-bond acceptors (Lipinski definition) is 5. The van der Waals surface area contributed by atoms with E-state index in [1.54, 1.807) is 17.0 Å². The highest BCUT2D eigenvalue weighted by Gasteiger charge is 2.11. The van der Waals surface area contributed by atoms with Crippen LogP contribution in [0.1, 0.15) is 20.8 Å². The van der Waals surface area contributed by atoms with Crippen molar-refractivity contribution in [2.24, 2.45) is 0 Å². The van der Waals surface area contributed by atoms with Gasteiger partial charge in [-0.1, -0.05) is 17.8 Å². The van der Waals surface area contributed by atoms with Gasteiger partial charge >= 0.3 is 0 Å². The maximum absolute atomic E-state index is 11.7. The summed E-state index contributed by atoms with van der Waals surface area (Å²) in [4.78, 5) is 22.9. The van der Waals surface area contributed by atoms with Crippen molar-refractivity contribution in [3.8, 4) is 5.69 Å². The Balaban J connectivity index is 2.11. The van der Waals surface area contributed by atoms with Crippen molar-refractivity contribution in [3.05, 3.63) is 30.6 Å². The minimum Gasteiger partial charge on any atom is -0.353 e. The van der Waals surface area contributed by atoms with Crippen LogP contribution in [0.25, 0.3) is 5.69 Å². The van der Waals surface area contributed by atoms with Crippen LogP contribution in [0.2, 0.25) is 0 Å². The maximum atomic E-state index is 11.7. The quantitative estimate of drug-likeness (QED) is 0.788. The standard InChI is InChI=1S/C15H19N5O2S/c1-10(2)17-14(22)8-23-15-19-16-9-20(15)13-6-4-5-12(7-13)18-11(3)21/h4-7,9-10H,8H2,1-3H3,(H,17,22)(H,18,21). The van der Waals surface area contributed by atoms with Crippen LogP contribution in [0.15, 0.2) is 35.7 Å². The zero-order valence-corrected chi connectivity index (χ0v) is 14.1.